The molecule has 2 aromatic rings. The molecule has 0 saturated heterocycles. The van der Waals surface area contributed by atoms with E-state index in [1.54, 1.807) is 6.07 Å². The number of hydrogen-bond acceptors (Lipinski definition) is 2. The van der Waals surface area contributed by atoms with Crippen LogP contribution in [0.2, 0.25) is 0 Å². The molecule has 5 heteroatoms. The van der Waals surface area contributed by atoms with Crippen molar-refractivity contribution in [1.82, 2.24) is 10.6 Å². The second-order valence-corrected chi connectivity index (χ2v) is 5.07. The van der Waals surface area contributed by atoms with Gasteiger partial charge in [-0.3, -0.25) is 9.59 Å². The Kier molecular flexibility index (Phi) is 6.29. The zero-order chi connectivity index (χ0) is 16.5. The third kappa shape index (κ3) is 5.54. The minimum Gasteiger partial charge on any atom is -0.356 e. The molecule has 0 aliphatic rings. The lowest BCUT2D eigenvalue weighted by Crippen LogP contribution is -2.32. The summed E-state index contributed by atoms with van der Waals surface area (Å²) >= 11 is 0. The van der Waals surface area contributed by atoms with Crippen molar-refractivity contribution in [3.05, 3.63) is 71.5 Å². The summed E-state index contributed by atoms with van der Waals surface area (Å²) in [5, 5.41) is 5.33. The molecule has 0 aliphatic carbocycles. The van der Waals surface area contributed by atoms with Crippen molar-refractivity contribution in [2.24, 2.45) is 0 Å². The van der Waals surface area contributed by atoms with E-state index < -0.39 is 11.7 Å². The molecule has 0 aliphatic heterocycles. The van der Waals surface area contributed by atoms with E-state index in [2.05, 4.69) is 10.6 Å². The van der Waals surface area contributed by atoms with Crippen LogP contribution in [-0.2, 0) is 11.2 Å². The van der Waals surface area contributed by atoms with E-state index in [0.29, 0.717) is 6.54 Å². The van der Waals surface area contributed by atoms with Crippen LogP contribution < -0.4 is 10.6 Å². The highest BCUT2D eigenvalue weighted by molar-refractivity contribution is 5.94. The van der Waals surface area contributed by atoms with Crippen LogP contribution in [0.15, 0.2) is 54.6 Å². The molecular formula is C18H19FN2O2. The number of hydrogen-bond donors (Lipinski definition) is 2. The molecule has 2 rings (SSSR count). The molecule has 0 radical (unpaired) electrons. The van der Waals surface area contributed by atoms with Crippen molar-refractivity contribution in [2.45, 2.75) is 12.8 Å². The van der Waals surface area contributed by atoms with Crippen LogP contribution in [0.25, 0.3) is 0 Å². The molecule has 2 aromatic carbocycles. The summed E-state index contributed by atoms with van der Waals surface area (Å²) in [6, 6.07) is 15.6. The van der Waals surface area contributed by atoms with Crippen LogP contribution in [0.5, 0.6) is 0 Å². The SMILES string of the molecule is O=C(CCNC(=O)c1ccccc1F)NCCc1ccccc1. The lowest BCUT2D eigenvalue weighted by Gasteiger charge is -2.07. The van der Waals surface area contributed by atoms with Crippen molar-refractivity contribution in [3.63, 3.8) is 0 Å². The fourth-order valence-corrected chi connectivity index (χ4v) is 2.11. The van der Waals surface area contributed by atoms with Gasteiger partial charge in [-0.2, -0.15) is 0 Å². The van der Waals surface area contributed by atoms with Crippen LogP contribution in [0.4, 0.5) is 4.39 Å². The van der Waals surface area contributed by atoms with E-state index in [4.69, 9.17) is 0 Å². The Balaban J connectivity index is 1.65. The number of benzene rings is 2. The van der Waals surface area contributed by atoms with Crippen molar-refractivity contribution < 1.29 is 14.0 Å². The van der Waals surface area contributed by atoms with Crippen molar-refractivity contribution in [3.8, 4) is 0 Å². The van der Waals surface area contributed by atoms with Gasteiger partial charge >= 0.3 is 0 Å². The van der Waals surface area contributed by atoms with E-state index >= 15 is 0 Å². The number of carbonyl (C=O) groups is 2. The summed E-state index contributed by atoms with van der Waals surface area (Å²) in [5.74, 6) is -1.23. The van der Waals surface area contributed by atoms with Gasteiger partial charge in [-0.1, -0.05) is 42.5 Å². The molecule has 2 amide bonds. The van der Waals surface area contributed by atoms with E-state index in [1.807, 2.05) is 30.3 Å². The fourth-order valence-electron chi connectivity index (χ4n) is 2.11. The Morgan fingerprint density at radius 1 is 0.870 bits per heavy atom. The van der Waals surface area contributed by atoms with Gasteiger partial charge in [0.2, 0.25) is 5.91 Å². The lowest BCUT2D eigenvalue weighted by molar-refractivity contribution is -0.120. The molecule has 0 fully saturated rings. The summed E-state index contributed by atoms with van der Waals surface area (Å²) in [6.07, 6.45) is 0.920. The molecular weight excluding hydrogens is 295 g/mol. The molecule has 0 atom stereocenters. The summed E-state index contributed by atoms with van der Waals surface area (Å²) in [4.78, 5) is 23.4. The monoisotopic (exact) mass is 314 g/mol. The Bertz CT molecular complexity index is 659. The van der Waals surface area contributed by atoms with Crippen LogP contribution in [0.3, 0.4) is 0 Å². The average Bonchev–Trinajstić information content (AvgIpc) is 2.56. The molecule has 0 spiro atoms. The van der Waals surface area contributed by atoms with E-state index in [-0.39, 0.29) is 24.4 Å². The minimum absolute atomic E-state index is 0.0167. The quantitative estimate of drug-likeness (QED) is 0.824. The van der Waals surface area contributed by atoms with Gasteiger partial charge in [-0.25, -0.2) is 4.39 Å². The summed E-state index contributed by atoms with van der Waals surface area (Å²) in [5.41, 5.74) is 1.14. The Labute approximate surface area is 134 Å². The first kappa shape index (κ1) is 16.7. The van der Waals surface area contributed by atoms with Crippen LogP contribution >= 0.6 is 0 Å². The Morgan fingerprint density at radius 3 is 2.30 bits per heavy atom. The van der Waals surface area contributed by atoms with Gasteiger partial charge in [0.25, 0.3) is 5.91 Å². The molecule has 0 saturated carbocycles. The molecule has 23 heavy (non-hydrogen) atoms. The summed E-state index contributed by atoms with van der Waals surface area (Å²) < 4.78 is 13.4. The predicted molar refractivity (Wildman–Crippen MR) is 86.5 cm³/mol. The van der Waals surface area contributed by atoms with E-state index in [0.717, 1.165) is 12.0 Å². The van der Waals surface area contributed by atoms with Gasteiger partial charge in [-0.15, -0.1) is 0 Å². The maximum atomic E-state index is 13.4. The first-order chi connectivity index (χ1) is 11.2. The summed E-state index contributed by atoms with van der Waals surface area (Å²) in [7, 11) is 0. The smallest absolute Gasteiger partial charge is 0.254 e. The molecule has 0 aromatic heterocycles. The highest BCUT2D eigenvalue weighted by Crippen LogP contribution is 2.05. The normalized spacial score (nSPS) is 10.1. The third-order valence-electron chi connectivity index (χ3n) is 3.33. The molecule has 0 unspecified atom stereocenters. The van der Waals surface area contributed by atoms with Crippen LogP contribution in [0, 0.1) is 5.82 Å². The third-order valence-corrected chi connectivity index (χ3v) is 3.33. The molecule has 0 heterocycles. The first-order valence-electron chi connectivity index (χ1n) is 7.50. The fraction of sp³-hybridized carbons (Fsp3) is 0.222. The van der Waals surface area contributed by atoms with Crippen molar-refractivity contribution in [1.29, 1.82) is 0 Å². The first-order valence-corrected chi connectivity index (χ1v) is 7.50. The highest BCUT2D eigenvalue weighted by Gasteiger charge is 2.10. The van der Waals surface area contributed by atoms with Crippen molar-refractivity contribution >= 4 is 11.8 Å². The largest absolute Gasteiger partial charge is 0.356 e. The second kappa shape index (κ2) is 8.68. The zero-order valence-electron chi connectivity index (χ0n) is 12.7. The number of nitrogens with one attached hydrogen (secondary N) is 2. The number of carbonyl (C=O) groups excluding carboxylic acids is 2. The van der Waals surface area contributed by atoms with E-state index in [9.17, 15) is 14.0 Å². The maximum absolute atomic E-state index is 13.4. The number of halogens is 1. The average molecular weight is 314 g/mol. The second-order valence-electron chi connectivity index (χ2n) is 5.07. The lowest BCUT2D eigenvalue weighted by atomic mass is 10.1. The number of rotatable bonds is 7. The predicted octanol–water partition coefficient (Wildman–Crippen LogP) is 2.30. The van der Waals surface area contributed by atoms with Gasteiger partial charge in [0.15, 0.2) is 0 Å². The Hall–Kier alpha value is -2.69. The number of amides is 2. The topological polar surface area (TPSA) is 58.2 Å². The molecule has 120 valence electrons. The molecule has 2 N–H and O–H groups in total. The standard InChI is InChI=1S/C18H19FN2O2/c19-16-9-5-4-8-15(16)18(23)21-13-11-17(22)20-12-10-14-6-2-1-3-7-14/h1-9H,10-13H2,(H,20,22)(H,21,23). The van der Waals surface area contributed by atoms with E-state index in [1.165, 1.54) is 18.2 Å². The molecule has 0 bridgehead atoms. The van der Waals surface area contributed by atoms with Crippen LogP contribution in [-0.4, -0.2) is 24.9 Å². The van der Waals surface area contributed by atoms with Gasteiger partial charge in [0, 0.05) is 19.5 Å². The van der Waals surface area contributed by atoms with Gasteiger partial charge in [0.1, 0.15) is 5.82 Å². The highest BCUT2D eigenvalue weighted by atomic mass is 19.1. The zero-order valence-corrected chi connectivity index (χ0v) is 12.7. The molecule has 4 nitrogen and oxygen atoms in total. The minimum atomic E-state index is -0.572. The maximum Gasteiger partial charge on any atom is 0.254 e. The van der Waals surface area contributed by atoms with Crippen molar-refractivity contribution in [2.75, 3.05) is 13.1 Å². The van der Waals surface area contributed by atoms with Gasteiger partial charge < -0.3 is 10.6 Å². The Morgan fingerprint density at radius 2 is 1.57 bits per heavy atom. The summed E-state index contributed by atoms with van der Waals surface area (Å²) in [6.45, 7) is 0.717. The van der Waals surface area contributed by atoms with Crippen LogP contribution in [0.1, 0.15) is 22.3 Å². The van der Waals surface area contributed by atoms with Gasteiger partial charge in [-0.05, 0) is 24.1 Å². The van der Waals surface area contributed by atoms with Gasteiger partial charge in [0.05, 0.1) is 5.56 Å².